The van der Waals surface area contributed by atoms with Crippen molar-refractivity contribution in [2.75, 3.05) is 13.1 Å². The van der Waals surface area contributed by atoms with Crippen molar-refractivity contribution < 1.29 is 18.9 Å². The minimum Gasteiger partial charge on any atom is -0.465 e. The average molecular weight is 496 g/mol. The van der Waals surface area contributed by atoms with Crippen molar-refractivity contribution in [2.45, 2.75) is 65.7 Å². The van der Waals surface area contributed by atoms with Crippen molar-refractivity contribution in [1.82, 2.24) is 15.0 Å². The van der Waals surface area contributed by atoms with Crippen LogP contribution in [0.1, 0.15) is 57.4 Å². The molecule has 4 rings (SSSR count). The molecule has 0 aliphatic carbocycles. The predicted octanol–water partition coefficient (Wildman–Crippen LogP) is 6.30. The van der Waals surface area contributed by atoms with Crippen molar-refractivity contribution in [1.29, 1.82) is 0 Å². The predicted molar refractivity (Wildman–Crippen MR) is 140 cm³/mol. The fourth-order valence-corrected chi connectivity index (χ4v) is 6.08. The van der Waals surface area contributed by atoms with E-state index in [1.165, 1.54) is 4.90 Å². The van der Waals surface area contributed by atoms with Gasteiger partial charge in [0.25, 0.3) is 0 Å². The van der Waals surface area contributed by atoms with Crippen LogP contribution in [0.5, 0.6) is 0 Å². The number of benzene rings is 1. The van der Waals surface area contributed by atoms with E-state index in [2.05, 4.69) is 56.1 Å². The zero-order valence-corrected chi connectivity index (χ0v) is 22.6. The summed E-state index contributed by atoms with van der Waals surface area (Å²) in [6.07, 6.45) is 4.44. The van der Waals surface area contributed by atoms with Gasteiger partial charge in [0.2, 0.25) is 0 Å². The third-order valence-corrected chi connectivity index (χ3v) is 7.64. The number of hydrogen-bond acceptors (Lipinski definition) is 5. The van der Waals surface area contributed by atoms with Crippen LogP contribution in [0, 0.1) is 11.3 Å². The van der Waals surface area contributed by atoms with Crippen LogP contribution in [-0.4, -0.2) is 48.4 Å². The van der Waals surface area contributed by atoms with Gasteiger partial charge >= 0.3 is 6.09 Å². The molecule has 1 aliphatic rings. The molecule has 1 amide bonds. The molecule has 3 aromatic rings. The van der Waals surface area contributed by atoms with Crippen molar-refractivity contribution in [3.05, 3.63) is 47.8 Å². The lowest BCUT2D eigenvalue weighted by Gasteiger charge is -2.34. The number of fused-ring (bicyclic) bond motifs is 1. The van der Waals surface area contributed by atoms with Gasteiger partial charge in [0.05, 0.1) is 17.5 Å². The molecule has 2 aromatic heterocycles. The number of hydrogen-bond donors (Lipinski definition) is 1. The van der Waals surface area contributed by atoms with Gasteiger partial charge in [-0.2, -0.15) is 0 Å². The molecule has 0 spiro atoms. The molecule has 1 aliphatic heterocycles. The second-order valence-electron chi connectivity index (χ2n) is 10.9. The largest absolute Gasteiger partial charge is 0.465 e. The van der Waals surface area contributed by atoms with Gasteiger partial charge in [0.15, 0.2) is 14.6 Å². The molecule has 8 heteroatoms. The zero-order valence-electron chi connectivity index (χ0n) is 21.5. The maximum atomic E-state index is 11.2. The smallest absolute Gasteiger partial charge is 0.407 e. The van der Waals surface area contributed by atoms with E-state index in [0.29, 0.717) is 19.0 Å². The number of carboxylic acid groups (broad SMARTS) is 1. The molecule has 0 bridgehead atoms. The van der Waals surface area contributed by atoms with Gasteiger partial charge in [-0.3, -0.25) is 4.98 Å². The maximum Gasteiger partial charge on any atom is 0.407 e. The highest BCUT2D eigenvalue weighted by Crippen LogP contribution is 2.45. The molecule has 1 fully saturated rings. The van der Waals surface area contributed by atoms with Crippen LogP contribution in [0.15, 0.2) is 41.1 Å². The number of aryl methyl sites for hydroxylation is 1. The summed E-state index contributed by atoms with van der Waals surface area (Å²) in [7, 11) is -1.36. The summed E-state index contributed by atoms with van der Waals surface area (Å²) < 4.78 is 12.7. The Morgan fingerprint density at radius 1 is 1.23 bits per heavy atom. The van der Waals surface area contributed by atoms with E-state index in [9.17, 15) is 9.90 Å². The van der Waals surface area contributed by atoms with Crippen molar-refractivity contribution >= 4 is 26.1 Å². The quantitative estimate of drug-likeness (QED) is 0.387. The molecular formula is C27H37N3O4Si. The van der Waals surface area contributed by atoms with E-state index in [-0.39, 0.29) is 11.5 Å². The molecule has 0 radical (unpaired) electrons. The summed E-state index contributed by atoms with van der Waals surface area (Å²) in [6.45, 7) is 12.2. The van der Waals surface area contributed by atoms with Gasteiger partial charge < -0.3 is 19.0 Å². The molecular weight excluding hydrogens is 458 g/mol. The minimum absolute atomic E-state index is 0.139. The van der Waals surface area contributed by atoms with Crippen LogP contribution in [0.25, 0.3) is 22.2 Å². The maximum absolute atomic E-state index is 11.2. The summed E-state index contributed by atoms with van der Waals surface area (Å²) >= 11 is 0. The second-order valence-corrected chi connectivity index (χ2v) is 13.3. The first kappa shape index (κ1) is 25.4. The molecule has 1 aromatic carbocycles. The van der Waals surface area contributed by atoms with Gasteiger partial charge in [-0.1, -0.05) is 38.1 Å². The highest BCUT2D eigenvalue weighted by atomic mass is 28.3. The molecule has 1 atom stereocenters. The molecule has 188 valence electrons. The summed E-state index contributed by atoms with van der Waals surface area (Å²) in [5, 5.41) is 14.8. The fourth-order valence-electron chi connectivity index (χ4n) is 4.99. The Balaban J connectivity index is 1.68. The van der Waals surface area contributed by atoms with Gasteiger partial charge in [-0.15, -0.1) is 0 Å². The van der Waals surface area contributed by atoms with Gasteiger partial charge in [0, 0.05) is 35.8 Å². The Morgan fingerprint density at radius 2 is 1.97 bits per heavy atom. The summed E-state index contributed by atoms with van der Waals surface area (Å²) in [5.41, 5.74) is 4.57. The van der Waals surface area contributed by atoms with Crippen molar-refractivity contribution in [3.8, 4) is 11.3 Å². The lowest BCUT2D eigenvalue weighted by atomic mass is 9.81. The standard InChI is InChI=1S/C27H37N3O4Si/c1-27(2,3)25(34-35(4)5)23-19(21-8-6-7-15-28-21)10-11-20-22(29-33-24(20)23)12-9-18-13-16-30(17-14-18)26(31)32/h6-8,10-11,15,18,25,35H,9,12-14,16-17H2,1-5H3,(H,31,32). The summed E-state index contributed by atoms with van der Waals surface area (Å²) in [4.78, 5) is 17.3. The highest BCUT2D eigenvalue weighted by Gasteiger charge is 2.34. The third kappa shape index (κ3) is 5.75. The first-order valence-electron chi connectivity index (χ1n) is 12.6. The lowest BCUT2D eigenvalue weighted by molar-refractivity contribution is 0.0872. The minimum atomic E-state index is -1.36. The van der Waals surface area contributed by atoms with Crippen LogP contribution < -0.4 is 0 Å². The normalized spacial score (nSPS) is 16.2. The molecule has 0 saturated carbocycles. The van der Waals surface area contributed by atoms with Crippen LogP contribution in [0.4, 0.5) is 4.79 Å². The summed E-state index contributed by atoms with van der Waals surface area (Å²) in [6, 6.07) is 10.2. The monoisotopic (exact) mass is 495 g/mol. The fraction of sp³-hybridized carbons (Fsp3) is 0.519. The molecule has 1 unspecified atom stereocenters. The number of amides is 1. The first-order chi connectivity index (χ1) is 16.6. The first-order valence-corrected chi connectivity index (χ1v) is 15.4. The SMILES string of the molecule is C[SiH](C)OC(c1c(-c2ccccn2)ccc2c(CCC3CCN(C(=O)O)CC3)noc12)C(C)(C)C. The number of nitrogens with zero attached hydrogens (tertiary/aromatic N) is 3. The third-order valence-electron chi connectivity index (χ3n) is 6.83. The van der Waals surface area contributed by atoms with Crippen LogP contribution >= 0.6 is 0 Å². The van der Waals surface area contributed by atoms with Crippen molar-refractivity contribution in [2.24, 2.45) is 11.3 Å². The molecule has 1 saturated heterocycles. The van der Waals surface area contributed by atoms with Crippen LogP contribution in [0.3, 0.4) is 0 Å². The zero-order chi connectivity index (χ0) is 25.2. The number of rotatable bonds is 7. The summed E-state index contributed by atoms with van der Waals surface area (Å²) in [5.74, 6) is 0.502. The Hall–Kier alpha value is -2.71. The van der Waals surface area contributed by atoms with Crippen LogP contribution in [-0.2, 0) is 10.8 Å². The second kappa shape index (κ2) is 10.5. The van der Waals surface area contributed by atoms with E-state index < -0.39 is 15.1 Å². The van der Waals surface area contributed by atoms with E-state index >= 15 is 0 Å². The van der Waals surface area contributed by atoms with E-state index in [4.69, 9.17) is 8.95 Å². The number of aromatic nitrogens is 2. The topological polar surface area (TPSA) is 88.7 Å². The molecule has 1 N–H and O–H groups in total. The van der Waals surface area contributed by atoms with Gasteiger partial charge in [-0.25, -0.2) is 4.79 Å². The van der Waals surface area contributed by atoms with Crippen molar-refractivity contribution in [3.63, 3.8) is 0 Å². The number of likely N-dealkylation sites (tertiary alicyclic amines) is 1. The Morgan fingerprint density at radius 3 is 2.57 bits per heavy atom. The van der Waals surface area contributed by atoms with E-state index in [1.54, 1.807) is 0 Å². The highest BCUT2D eigenvalue weighted by molar-refractivity contribution is 6.48. The average Bonchev–Trinajstić information content (AvgIpc) is 3.24. The Labute approximate surface area is 209 Å². The number of piperidine rings is 1. The Bertz CT molecular complexity index is 1150. The van der Waals surface area contributed by atoms with E-state index in [1.807, 2.05) is 24.4 Å². The Kier molecular flexibility index (Phi) is 7.61. The lowest BCUT2D eigenvalue weighted by Crippen LogP contribution is -2.37. The molecule has 7 nitrogen and oxygen atoms in total. The molecule has 3 heterocycles. The van der Waals surface area contributed by atoms with Crippen LogP contribution in [0.2, 0.25) is 13.1 Å². The van der Waals surface area contributed by atoms with Gasteiger partial charge in [-0.05, 0) is 68.3 Å². The van der Waals surface area contributed by atoms with E-state index in [0.717, 1.165) is 59.2 Å². The molecule has 35 heavy (non-hydrogen) atoms. The van der Waals surface area contributed by atoms with Gasteiger partial charge in [0.1, 0.15) is 0 Å². The number of carbonyl (C=O) groups is 1. The number of pyridine rings is 1.